The number of guanidine groups is 1. The van der Waals surface area contributed by atoms with Gasteiger partial charge >= 0.3 is 6.18 Å². The van der Waals surface area contributed by atoms with Gasteiger partial charge in [-0.25, -0.2) is 8.42 Å². The lowest BCUT2D eigenvalue weighted by Crippen LogP contribution is -2.47. The SMILES string of the molecule is CCNC(=NCC1(S(C)(=O)=O)CCOCC1)NCCc1ccc(C(F)(F)F)cc1.I. The Bertz CT molecular complexity index is 793. The number of hydrogen-bond donors (Lipinski definition) is 2. The van der Waals surface area contributed by atoms with Gasteiger partial charge in [0.2, 0.25) is 0 Å². The standard InChI is InChI=1S/C19H28F3N3O3S.HI/c1-3-23-17(25-14-18(29(2,26)27)9-12-28-13-10-18)24-11-8-15-4-6-16(7-5-15)19(20,21)22;/h4-7H,3,8-14H2,1-2H3,(H2,23,24,25);1H. The second-order valence-electron chi connectivity index (χ2n) is 7.13. The van der Waals surface area contributed by atoms with Crippen molar-refractivity contribution in [3.8, 4) is 0 Å². The fourth-order valence-corrected chi connectivity index (χ4v) is 4.35. The molecule has 0 saturated carbocycles. The van der Waals surface area contributed by atoms with Gasteiger partial charge in [-0.05, 0) is 43.9 Å². The Morgan fingerprint density at radius 3 is 2.27 bits per heavy atom. The van der Waals surface area contributed by atoms with E-state index in [1.807, 2.05) is 6.92 Å². The number of aliphatic imine (C=N–C) groups is 1. The number of alkyl halides is 3. The van der Waals surface area contributed by atoms with Crippen LogP contribution in [0.4, 0.5) is 13.2 Å². The van der Waals surface area contributed by atoms with Crippen molar-refractivity contribution in [1.29, 1.82) is 0 Å². The molecule has 1 aliphatic heterocycles. The topological polar surface area (TPSA) is 79.8 Å². The van der Waals surface area contributed by atoms with Gasteiger partial charge in [-0.2, -0.15) is 13.2 Å². The van der Waals surface area contributed by atoms with Crippen molar-refractivity contribution in [3.05, 3.63) is 35.4 Å². The summed E-state index contributed by atoms with van der Waals surface area (Å²) < 4.78 is 66.9. The van der Waals surface area contributed by atoms with Crippen LogP contribution in [0.5, 0.6) is 0 Å². The molecule has 1 heterocycles. The average Bonchev–Trinajstić information content (AvgIpc) is 2.66. The first-order valence-corrected chi connectivity index (χ1v) is 11.4. The highest BCUT2D eigenvalue weighted by atomic mass is 127. The van der Waals surface area contributed by atoms with E-state index < -0.39 is 26.3 Å². The molecule has 6 nitrogen and oxygen atoms in total. The maximum absolute atomic E-state index is 12.6. The van der Waals surface area contributed by atoms with Crippen LogP contribution in [0.1, 0.15) is 30.9 Å². The summed E-state index contributed by atoms with van der Waals surface area (Å²) in [7, 11) is -3.31. The first-order chi connectivity index (χ1) is 13.6. The smallest absolute Gasteiger partial charge is 0.381 e. The number of rotatable bonds is 7. The van der Waals surface area contributed by atoms with Crippen molar-refractivity contribution in [2.24, 2.45) is 4.99 Å². The molecule has 1 aliphatic rings. The minimum absolute atomic E-state index is 0. The van der Waals surface area contributed by atoms with Crippen molar-refractivity contribution in [3.63, 3.8) is 0 Å². The first-order valence-electron chi connectivity index (χ1n) is 9.53. The fraction of sp³-hybridized carbons (Fsp3) is 0.632. The van der Waals surface area contributed by atoms with E-state index in [1.54, 1.807) is 0 Å². The van der Waals surface area contributed by atoms with Crippen molar-refractivity contribution >= 4 is 39.8 Å². The molecule has 172 valence electrons. The van der Waals surface area contributed by atoms with Gasteiger partial charge in [0.15, 0.2) is 15.8 Å². The molecule has 0 radical (unpaired) electrons. The summed E-state index contributed by atoms with van der Waals surface area (Å²) in [6, 6.07) is 5.04. The molecular weight excluding hydrogens is 534 g/mol. The molecule has 30 heavy (non-hydrogen) atoms. The molecule has 2 N–H and O–H groups in total. The van der Waals surface area contributed by atoms with E-state index in [2.05, 4.69) is 15.6 Å². The van der Waals surface area contributed by atoms with Crippen molar-refractivity contribution in [1.82, 2.24) is 10.6 Å². The van der Waals surface area contributed by atoms with Gasteiger partial charge in [0.1, 0.15) is 0 Å². The molecule has 0 unspecified atom stereocenters. The Morgan fingerprint density at radius 1 is 1.17 bits per heavy atom. The highest BCUT2D eigenvalue weighted by Gasteiger charge is 2.42. The zero-order valence-corrected chi connectivity index (χ0v) is 20.2. The van der Waals surface area contributed by atoms with Gasteiger partial charge in [0.25, 0.3) is 0 Å². The van der Waals surface area contributed by atoms with Crippen LogP contribution in [-0.4, -0.2) is 58.2 Å². The monoisotopic (exact) mass is 563 g/mol. The van der Waals surface area contributed by atoms with Crippen LogP contribution < -0.4 is 10.6 Å². The summed E-state index contributed by atoms with van der Waals surface area (Å²) in [6.45, 7) is 3.85. The molecule has 0 bridgehead atoms. The maximum Gasteiger partial charge on any atom is 0.416 e. The largest absolute Gasteiger partial charge is 0.416 e. The van der Waals surface area contributed by atoms with Gasteiger partial charge < -0.3 is 15.4 Å². The summed E-state index contributed by atoms with van der Waals surface area (Å²) in [5.41, 5.74) is 0.0880. The number of ether oxygens (including phenoxy) is 1. The second-order valence-corrected chi connectivity index (χ2v) is 9.54. The summed E-state index contributed by atoms with van der Waals surface area (Å²) in [6.07, 6.45) is -1.80. The Morgan fingerprint density at radius 2 is 1.77 bits per heavy atom. The Labute approximate surface area is 193 Å². The molecule has 1 saturated heterocycles. The molecule has 0 aliphatic carbocycles. The third-order valence-corrected chi connectivity index (χ3v) is 7.16. The zero-order chi connectivity index (χ0) is 21.5. The molecule has 1 aromatic carbocycles. The van der Waals surface area contributed by atoms with Gasteiger partial charge in [-0.1, -0.05) is 12.1 Å². The van der Waals surface area contributed by atoms with Crippen LogP contribution >= 0.6 is 24.0 Å². The highest BCUT2D eigenvalue weighted by molar-refractivity contribution is 14.0. The molecule has 0 amide bonds. The maximum atomic E-state index is 12.6. The Balaban J connectivity index is 0.00000450. The lowest BCUT2D eigenvalue weighted by molar-refractivity contribution is -0.137. The quantitative estimate of drug-likeness (QED) is 0.303. The van der Waals surface area contributed by atoms with Crippen molar-refractivity contribution in [2.45, 2.75) is 37.1 Å². The predicted molar refractivity (Wildman–Crippen MR) is 122 cm³/mol. The van der Waals surface area contributed by atoms with E-state index >= 15 is 0 Å². The van der Waals surface area contributed by atoms with E-state index in [-0.39, 0.29) is 30.5 Å². The Hall–Kier alpha value is -1.08. The number of hydrogen-bond acceptors (Lipinski definition) is 4. The lowest BCUT2D eigenvalue weighted by Gasteiger charge is -2.34. The summed E-state index contributed by atoms with van der Waals surface area (Å²) in [5.74, 6) is 0.480. The van der Waals surface area contributed by atoms with Crippen LogP contribution in [0.3, 0.4) is 0 Å². The third kappa shape index (κ3) is 7.56. The zero-order valence-electron chi connectivity index (χ0n) is 17.1. The summed E-state index contributed by atoms with van der Waals surface area (Å²) >= 11 is 0. The van der Waals surface area contributed by atoms with Crippen LogP contribution in [0, 0.1) is 0 Å². The predicted octanol–water partition coefficient (Wildman–Crippen LogP) is 3.01. The molecular formula is C19H29F3IN3O3S. The Kier molecular flexibility index (Phi) is 10.3. The minimum Gasteiger partial charge on any atom is -0.381 e. The van der Waals surface area contributed by atoms with Crippen LogP contribution in [0.25, 0.3) is 0 Å². The molecule has 0 spiro atoms. The highest BCUT2D eigenvalue weighted by Crippen LogP contribution is 2.30. The molecule has 2 rings (SSSR count). The van der Waals surface area contributed by atoms with Crippen LogP contribution in [0.15, 0.2) is 29.3 Å². The number of benzene rings is 1. The number of sulfone groups is 1. The van der Waals surface area contributed by atoms with Crippen LogP contribution in [-0.2, 0) is 27.2 Å². The lowest BCUT2D eigenvalue weighted by atomic mass is 9.99. The molecule has 1 aromatic rings. The average molecular weight is 563 g/mol. The van der Waals surface area contributed by atoms with Gasteiger partial charge in [0.05, 0.1) is 16.9 Å². The summed E-state index contributed by atoms with van der Waals surface area (Å²) in [4.78, 5) is 4.46. The second kappa shape index (κ2) is 11.5. The number of halogens is 4. The first kappa shape index (κ1) is 27.0. The summed E-state index contributed by atoms with van der Waals surface area (Å²) in [5, 5.41) is 6.18. The van der Waals surface area contributed by atoms with Gasteiger partial charge in [-0.15, -0.1) is 24.0 Å². The van der Waals surface area contributed by atoms with Crippen LogP contribution in [0.2, 0.25) is 0 Å². The van der Waals surface area contributed by atoms with Crippen molar-refractivity contribution in [2.75, 3.05) is 39.1 Å². The van der Waals surface area contributed by atoms with Gasteiger partial charge in [0, 0.05) is 32.6 Å². The van der Waals surface area contributed by atoms with Gasteiger partial charge in [-0.3, -0.25) is 4.99 Å². The molecule has 1 fully saturated rings. The van der Waals surface area contributed by atoms with Crippen molar-refractivity contribution < 1.29 is 26.3 Å². The van der Waals surface area contributed by atoms with E-state index in [4.69, 9.17) is 4.74 Å². The van der Waals surface area contributed by atoms with E-state index in [1.165, 1.54) is 18.4 Å². The molecule has 11 heteroatoms. The minimum atomic E-state index is -4.35. The van der Waals surface area contributed by atoms with E-state index in [0.29, 0.717) is 51.5 Å². The molecule has 0 aromatic heterocycles. The van der Waals surface area contributed by atoms with E-state index in [0.717, 1.165) is 17.7 Å². The fourth-order valence-electron chi connectivity index (χ4n) is 3.14. The third-order valence-electron chi connectivity index (χ3n) is 5.05. The number of nitrogens with zero attached hydrogens (tertiary/aromatic N) is 1. The molecule has 0 atom stereocenters. The normalized spacial score (nSPS) is 17.2. The number of nitrogens with one attached hydrogen (secondary N) is 2. The van der Waals surface area contributed by atoms with E-state index in [9.17, 15) is 21.6 Å².